The first-order valence-electron chi connectivity index (χ1n) is 6.61. The molecule has 2 rings (SSSR count). The maximum absolute atomic E-state index is 12.0. The van der Waals surface area contributed by atoms with Gasteiger partial charge >= 0.3 is 0 Å². The van der Waals surface area contributed by atoms with Crippen molar-refractivity contribution in [1.82, 2.24) is 0 Å². The molecule has 0 bridgehead atoms. The molecule has 0 spiro atoms. The molecule has 0 saturated carbocycles. The molecule has 112 valence electrons. The van der Waals surface area contributed by atoms with E-state index < -0.39 is 21.7 Å². The Morgan fingerprint density at radius 3 is 2.75 bits per heavy atom. The van der Waals surface area contributed by atoms with E-state index in [0.717, 1.165) is 5.56 Å². The lowest BCUT2D eigenvalue weighted by atomic mass is 10.0. The molecule has 0 radical (unpaired) electrons. The fourth-order valence-corrected chi connectivity index (χ4v) is 3.34. The largest absolute Gasteiger partial charge is 0.394 e. The van der Waals surface area contributed by atoms with Gasteiger partial charge in [-0.3, -0.25) is 0 Å². The van der Waals surface area contributed by atoms with Crippen molar-refractivity contribution >= 4 is 9.84 Å². The second kappa shape index (κ2) is 5.81. The fraction of sp³-hybridized carbons (Fsp3) is 0.571. The van der Waals surface area contributed by atoms with E-state index in [1.807, 2.05) is 25.1 Å². The molecular formula is C14H20O5S. The van der Waals surface area contributed by atoms with E-state index in [0.29, 0.717) is 5.56 Å². The number of rotatable bonds is 5. The molecule has 1 saturated heterocycles. The third-order valence-electron chi connectivity index (χ3n) is 3.37. The van der Waals surface area contributed by atoms with Crippen molar-refractivity contribution in [2.75, 3.05) is 24.7 Å². The third kappa shape index (κ3) is 3.20. The predicted molar refractivity (Wildman–Crippen MR) is 75.1 cm³/mol. The number of hydrogen-bond acceptors (Lipinski definition) is 5. The molecule has 1 N–H and O–H groups in total. The SMILES string of the molecule is CCS(=O)(=O)C[C@]1(c2cccc(C)c2)OC[C@H](CO)O1. The van der Waals surface area contributed by atoms with Crippen molar-refractivity contribution in [3.8, 4) is 0 Å². The summed E-state index contributed by atoms with van der Waals surface area (Å²) in [6.07, 6.45) is -0.498. The van der Waals surface area contributed by atoms with Crippen LogP contribution in [-0.2, 0) is 25.1 Å². The molecule has 20 heavy (non-hydrogen) atoms. The van der Waals surface area contributed by atoms with Crippen LogP contribution in [0.5, 0.6) is 0 Å². The average molecular weight is 300 g/mol. The van der Waals surface area contributed by atoms with Gasteiger partial charge in [0.1, 0.15) is 11.9 Å². The average Bonchev–Trinajstić information content (AvgIpc) is 2.83. The highest BCUT2D eigenvalue weighted by atomic mass is 32.2. The number of benzene rings is 1. The van der Waals surface area contributed by atoms with Gasteiger partial charge in [0.25, 0.3) is 0 Å². The molecule has 0 unspecified atom stereocenters. The Balaban J connectivity index is 2.40. The number of aryl methyl sites for hydroxylation is 1. The molecule has 1 fully saturated rings. The lowest BCUT2D eigenvalue weighted by molar-refractivity contribution is -0.162. The van der Waals surface area contributed by atoms with Gasteiger partial charge in [0.15, 0.2) is 9.84 Å². The fourth-order valence-electron chi connectivity index (χ4n) is 2.24. The van der Waals surface area contributed by atoms with Crippen molar-refractivity contribution in [2.24, 2.45) is 0 Å². The van der Waals surface area contributed by atoms with Gasteiger partial charge in [-0.25, -0.2) is 8.42 Å². The minimum Gasteiger partial charge on any atom is -0.394 e. The van der Waals surface area contributed by atoms with E-state index >= 15 is 0 Å². The van der Waals surface area contributed by atoms with Crippen molar-refractivity contribution in [3.05, 3.63) is 35.4 Å². The Morgan fingerprint density at radius 1 is 1.45 bits per heavy atom. The van der Waals surface area contributed by atoms with Crippen LogP contribution in [0, 0.1) is 6.92 Å². The summed E-state index contributed by atoms with van der Waals surface area (Å²) in [4.78, 5) is 0. The van der Waals surface area contributed by atoms with Crippen LogP contribution in [0.3, 0.4) is 0 Å². The molecule has 0 aromatic heterocycles. The number of aliphatic hydroxyl groups is 1. The Kier molecular flexibility index (Phi) is 4.49. The van der Waals surface area contributed by atoms with Crippen LogP contribution >= 0.6 is 0 Å². The Labute approximate surface area is 119 Å². The molecule has 0 amide bonds. The monoisotopic (exact) mass is 300 g/mol. The van der Waals surface area contributed by atoms with Gasteiger partial charge in [-0.15, -0.1) is 0 Å². The standard InChI is InChI=1S/C14H20O5S/c1-3-20(16,17)10-14(18-9-13(8-15)19-14)12-6-4-5-11(2)7-12/h4-7,13,15H,3,8-10H2,1-2H3/t13-,14-/m0/s1. The molecule has 0 aliphatic carbocycles. The van der Waals surface area contributed by atoms with Crippen molar-refractivity contribution in [3.63, 3.8) is 0 Å². The van der Waals surface area contributed by atoms with E-state index in [-0.39, 0.29) is 24.7 Å². The van der Waals surface area contributed by atoms with E-state index in [1.54, 1.807) is 13.0 Å². The van der Waals surface area contributed by atoms with Crippen LogP contribution in [-0.4, -0.2) is 44.3 Å². The van der Waals surface area contributed by atoms with Crippen molar-refractivity contribution in [1.29, 1.82) is 0 Å². The van der Waals surface area contributed by atoms with Crippen molar-refractivity contribution in [2.45, 2.75) is 25.7 Å². The second-order valence-electron chi connectivity index (χ2n) is 5.03. The normalized spacial score (nSPS) is 26.9. The zero-order valence-electron chi connectivity index (χ0n) is 11.7. The zero-order valence-corrected chi connectivity index (χ0v) is 12.5. The lowest BCUT2D eigenvalue weighted by Crippen LogP contribution is -2.37. The van der Waals surface area contributed by atoms with E-state index in [2.05, 4.69) is 0 Å². The van der Waals surface area contributed by atoms with Crippen LogP contribution in [0.2, 0.25) is 0 Å². The molecule has 1 aromatic carbocycles. The van der Waals surface area contributed by atoms with Gasteiger partial charge < -0.3 is 14.6 Å². The molecule has 1 aliphatic heterocycles. The third-order valence-corrected chi connectivity index (χ3v) is 5.07. The van der Waals surface area contributed by atoms with E-state index in [4.69, 9.17) is 9.47 Å². The van der Waals surface area contributed by atoms with Gasteiger partial charge in [-0.05, 0) is 6.92 Å². The lowest BCUT2D eigenvalue weighted by Gasteiger charge is -2.28. The summed E-state index contributed by atoms with van der Waals surface area (Å²) in [7, 11) is -3.29. The molecular weight excluding hydrogens is 280 g/mol. The molecule has 1 aliphatic rings. The van der Waals surface area contributed by atoms with Gasteiger partial charge in [0.05, 0.1) is 13.2 Å². The Morgan fingerprint density at radius 2 is 2.20 bits per heavy atom. The van der Waals surface area contributed by atoms with Crippen LogP contribution in [0.15, 0.2) is 24.3 Å². The maximum atomic E-state index is 12.0. The predicted octanol–water partition coefficient (Wildman–Crippen LogP) is 0.990. The summed E-state index contributed by atoms with van der Waals surface area (Å²) in [5.41, 5.74) is 1.67. The highest BCUT2D eigenvalue weighted by Gasteiger charge is 2.46. The van der Waals surface area contributed by atoms with Gasteiger partial charge in [0, 0.05) is 11.3 Å². The maximum Gasteiger partial charge on any atom is 0.209 e. The number of sulfone groups is 1. The van der Waals surface area contributed by atoms with E-state index in [1.165, 1.54) is 0 Å². The Hall–Kier alpha value is -0.950. The highest BCUT2D eigenvalue weighted by molar-refractivity contribution is 7.91. The number of aliphatic hydroxyl groups excluding tert-OH is 1. The minimum atomic E-state index is -3.29. The summed E-state index contributed by atoms with van der Waals surface area (Å²) >= 11 is 0. The number of ether oxygens (including phenoxy) is 2. The summed E-state index contributed by atoms with van der Waals surface area (Å²) in [6, 6.07) is 7.40. The minimum absolute atomic E-state index is 0.0249. The first-order chi connectivity index (χ1) is 9.41. The molecule has 1 heterocycles. The van der Waals surface area contributed by atoms with Crippen molar-refractivity contribution < 1.29 is 23.0 Å². The molecule has 1 aromatic rings. The summed E-state index contributed by atoms with van der Waals surface area (Å²) < 4.78 is 35.4. The Bertz CT molecular complexity index is 569. The summed E-state index contributed by atoms with van der Waals surface area (Å²) in [5, 5.41) is 9.20. The molecule has 6 heteroatoms. The highest BCUT2D eigenvalue weighted by Crippen LogP contribution is 2.36. The van der Waals surface area contributed by atoms with Crippen LogP contribution in [0.4, 0.5) is 0 Å². The smallest absolute Gasteiger partial charge is 0.209 e. The first-order valence-corrected chi connectivity index (χ1v) is 8.43. The second-order valence-corrected chi connectivity index (χ2v) is 7.39. The molecule has 2 atom stereocenters. The first kappa shape index (κ1) is 15.4. The van der Waals surface area contributed by atoms with Gasteiger partial charge in [-0.1, -0.05) is 36.8 Å². The quantitative estimate of drug-likeness (QED) is 0.878. The van der Waals surface area contributed by atoms with Gasteiger partial charge in [0.2, 0.25) is 5.79 Å². The summed E-state index contributed by atoms with van der Waals surface area (Å²) in [5.74, 6) is -1.53. The van der Waals surface area contributed by atoms with Crippen LogP contribution in [0.25, 0.3) is 0 Å². The van der Waals surface area contributed by atoms with Gasteiger partial charge in [-0.2, -0.15) is 0 Å². The topological polar surface area (TPSA) is 72.8 Å². The zero-order chi connectivity index (χ0) is 14.8. The number of hydrogen-bond donors (Lipinski definition) is 1. The molecule has 5 nitrogen and oxygen atoms in total. The van der Waals surface area contributed by atoms with Crippen LogP contribution < -0.4 is 0 Å². The van der Waals surface area contributed by atoms with E-state index in [9.17, 15) is 13.5 Å². The summed E-state index contributed by atoms with van der Waals surface area (Å²) in [6.45, 7) is 3.51. The van der Waals surface area contributed by atoms with Crippen LogP contribution in [0.1, 0.15) is 18.1 Å².